The number of carbonyl (C=O) groups excluding carboxylic acids is 4. The summed E-state index contributed by atoms with van der Waals surface area (Å²) >= 11 is 0. The fraction of sp³-hybridized carbons (Fsp3) is 0.429. The van der Waals surface area contributed by atoms with E-state index in [9.17, 15) is 19.2 Å². The highest BCUT2D eigenvalue weighted by Gasteiger charge is 2.31. The fourth-order valence-electron chi connectivity index (χ4n) is 3.70. The Kier molecular flexibility index (Phi) is 11.6. The first-order valence-corrected chi connectivity index (χ1v) is 12.4. The van der Waals surface area contributed by atoms with Gasteiger partial charge >= 0.3 is 12.2 Å². The molecule has 0 aromatic heterocycles. The predicted octanol–water partition coefficient (Wildman–Crippen LogP) is 3.22. The maximum absolute atomic E-state index is 13.1. The van der Waals surface area contributed by atoms with Crippen molar-refractivity contribution in [1.29, 1.82) is 0 Å². The number of hydrogen-bond donors (Lipinski definition) is 3. The van der Waals surface area contributed by atoms with Gasteiger partial charge in [-0.15, -0.1) is 0 Å². The zero-order valence-corrected chi connectivity index (χ0v) is 22.7. The molecular weight excluding hydrogens is 488 g/mol. The summed E-state index contributed by atoms with van der Waals surface area (Å²) in [6, 6.07) is 17.6. The maximum atomic E-state index is 13.1. The maximum Gasteiger partial charge on any atom is 0.408 e. The topological polar surface area (TPSA) is 126 Å². The quantitative estimate of drug-likeness (QED) is 0.390. The molecule has 0 radical (unpaired) electrons. The SMILES string of the molecule is CC(C)C(NC(=O)OCc1ccccc1)C(=O)N(C)CC(C)(C)NC(=O)CNC(=O)OCc1ccccc1. The Labute approximate surface area is 224 Å². The minimum atomic E-state index is -0.813. The van der Waals surface area contributed by atoms with E-state index in [0.717, 1.165) is 11.1 Å². The van der Waals surface area contributed by atoms with Crippen LogP contribution in [-0.2, 0) is 32.3 Å². The van der Waals surface area contributed by atoms with Gasteiger partial charge in [-0.1, -0.05) is 74.5 Å². The Balaban J connectivity index is 1.80. The van der Waals surface area contributed by atoms with Crippen LogP contribution in [0.4, 0.5) is 9.59 Å². The van der Waals surface area contributed by atoms with E-state index in [1.165, 1.54) is 4.90 Å². The van der Waals surface area contributed by atoms with Crippen molar-refractivity contribution in [3.8, 4) is 0 Å². The smallest absolute Gasteiger partial charge is 0.408 e. The van der Waals surface area contributed by atoms with E-state index in [0.29, 0.717) is 0 Å². The van der Waals surface area contributed by atoms with E-state index in [1.54, 1.807) is 20.9 Å². The number of alkyl carbamates (subject to hydrolysis) is 2. The summed E-state index contributed by atoms with van der Waals surface area (Å²) in [5.74, 6) is -0.949. The normalized spacial score (nSPS) is 11.7. The zero-order valence-electron chi connectivity index (χ0n) is 22.7. The number of benzene rings is 2. The third-order valence-electron chi connectivity index (χ3n) is 5.51. The minimum absolute atomic E-state index is 0.0917. The molecule has 1 atom stereocenters. The molecule has 2 aromatic carbocycles. The number of hydrogen-bond acceptors (Lipinski definition) is 6. The molecule has 0 bridgehead atoms. The molecule has 0 aliphatic heterocycles. The fourth-order valence-corrected chi connectivity index (χ4v) is 3.70. The molecule has 0 heterocycles. The van der Waals surface area contributed by atoms with E-state index in [4.69, 9.17) is 9.47 Å². The first kappa shape index (κ1) is 30.1. The lowest BCUT2D eigenvalue weighted by atomic mass is 10.0. The van der Waals surface area contributed by atoms with E-state index in [1.807, 2.05) is 74.5 Å². The van der Waals surface area contributed by atoms with Crippen LogP contribution in [0, 0.1) is 5.92 Å². The number of ether oxygens (including phenoxy) is 2. The molecule has 0 fully saturated rings. The summed E-state index contributed by atoms with van der Waals surface area (Å²) in [5, 5.41) is 7.87. The van der Waals surface area contributed by atoms with Gasteiger partial charge < -0.3 is 30.3 Å². The summed E-state index contributed by atoms with van der Waals surface area (Å²) in [6.45, 7) is 7.24. The Morgan fingerprint density at radius 1 is 0.842 bits per heavy atom. The van der Waals surface area contributed by atoms with Gasteiger partial charge in [-0.05, 0) is 30.9 Å². The number of nitrogens with one attached hydrogen (secondary N) is 3. The van der Waals surface area contributed by atoms with Gasteiger partial charge in [-0.3, -0.25) is 9.59 Å². The van der Waals surface area contributed by atoms with Gasteiger partial charge in [0.05, 0.1) is 5.54 Å². The zero-order chi connectivity index (χ0) is 28.1. The lowest BCUT2D eigenvalue weighted by Gasteiger charge is -2.34. The average molecular weight is 527 g/mol. The molecule has 2 rings (SSSR count). The molecule has 206 valence electrons. The second-order valence-electron chi connectivity index (χ2n) is 9.97. The highest BCUT2D eigenvalue weighted by molar-refractivity contribution is 5.86. The molecule has 0 aliphatic carbocycles. The lowest BCUT2D eigenvalue weighted by Crippen LogP contribution is -2.57. The Bertz CT molecular complexity index is 1060. The molecule has 2 aromatic rings. The monoisotopic (exact) mass is 526 g/mol. The lowest BCUT2D eigenvalue weighted by molar-refractivity contribution is -0.134. The number of amides is 4. The van der Waals surface area contributed by atoms with Crippen molar-refractivity contribution < 1.29 is 28.7 Å². The van der Waals surface area contributed by atoms with Crippen LogP contribution in [0.2, 0.25) is 0 Å². The standard InChI is InChI=1S/C28H38N4O6/c1-20(2)24(30-27(36)38-18-22-14-10-7-11-15-22)25(34)32(5)19-28(3,4)31-23(33)16-29-26(35)37-17-21-12-8-6-9-13-21/h6-15,20,24H,16-19H2,1-5H3,(H,29,35)(H,30,36)(H,31,33). The highest BCUT2D eigenvalue weighted by Crippen LogP contribution is 2.11. The molecule has 0 spiro atoms. The molecule has 0 saturated heterocycles. The minimum Gasteiger partial charge on any atom is -0.445 e. The van der Waals surface area contributed by atoms with Crippen LogP contribution in [0.5, 0.6) is 0 Å². The van der Waals surface area contributed by atoms with Crippen molar-refractivity contribution >= 4 is 24.0 Å². The van der Waals surface area contributed by atoms with Gasteiger partial charge in [0.2, 0.25) is 11.8 Å². The highest BCUT2D eigenvalue weighted by atomic mass is 16.6. The predicted molar refractivity (Wildman–Crippen MR) is 143 cm³/mol. The van der Waals surface area contributed by atoms with Crippen molar-refractivity contribution in [2.24, 2.45) is 5.92 Å². The van der Waals surface area contributed by atoms with Crippen LogP contribution in [0.25, 0.3) is 0 Å². The number of nitrogens with zero attached hydrogens (tertiary/aromatic N) is 1. The van der Waals surface area contributed by atoms with E-state index in [-0.39, 0.29) is 38.1 Å². The molecule has 0 saturated carbocycles. The summed E-state index contributed by atoms with van der Waals surface area (Å²) in [4.78, 5) is 51.2. The van der Waals surface area contributed by atoms with E-state index >= 15 is 0 Å². The summed E-state index contributed by atoms with van der Waals surface area (Å²) < 4.78 is 10.4. The van der Waals surface area contributed by atoms with Gasteiger partial charge in [0.15, 0.2) is 0 Å². The van der Waals surface area contributed by atoms with Crippen LogP contribution in [-0.4, -0.2) is 60.6 Å². The summed E-state index contributed by atoms with van der Waals surface area (Å²) in [6.07, 6.45) is -1.40. The van der Waals surface area contributed by atoms with Crippen molar-refractivity contribution in [2.45, 2.75) is 52.5 Å². The second-order valence-corrected chi connectivity index (χ2v) is 9.97. The molecule has 0 aliphatic rings. The largest absolute Gasteiger partial charge is 0.445 e. The van der Waals surface area contributed by atoms with Gasteiger partial charge in [-0.25, -0.2) is 9.59 Å². The molecule has 4 amide bonds. The first-order chi connectivity index (χ1) is 18.0. The van der Waals surface area contributed by atoms with Gasteiger partial charge in [-0.2, -0.15) is 0 Å². The molecule has 3 N–H and O–H groups in total. The van der Waals surface area contributed by atoms with E-state index in [2.05, 4.69) is 16.0 Å². The molecule has 10 heteroatoms. The van der Waals surface area contributed by atoms with Gasteiger partial charge in [0, 0.05) is 13.6 Å². The first-order valence-electron chi connectivity index (χ1n) is 12.4. The van der Waals surface area contributed by atoms with Crippen molar-refractivity contribution in [3.63, 3.8) is 0 Å². The van der Waals surface area contributed by atoms with Crippen LogP contribution >= 0.6 is 0 Å². The summed E-state index contributed by atoms with van der Waals surface area (Å²) in [5.41, 5.74) is 0.857. The van der Waals surface area contributed by atoms with Gasteiger partial charge in [0.1, 0.15) is 25.8 Å². The number of likely N-dealkylation sites (N-methyl/N-ethyl adjacent to an activating group) is 1. The number of rotatable bonds is 12. The van der Waals surface area contributed by atoms with Crippen molar-refractivity contribution in [2.75, 3.05) is 20.1 Å². The molecule has 1 unspecified atom stereocenters. The van der Waals surface area contributed by atoms with Gasteiger partial charge in [0.25, 0.3) is 0 Å². The molecule has 10 nitrogen and oxygen atoms in total. The molecule has 38 heavy (non-hydrogen) atoms. The van der Waals surface area contributed by atoms with Crippen LogP contribution < -0.4 is 16.0 Å². The van der Waals surface area contributed by atoms with Crippen molar-refractivity contribution in [3.05, 3.63) is 71.8 Å². The van der Waals surface area contributed by atoms with Crippen molar-refractivity contribution in [1.82, 2.24) is 20.9 Å². The Morgan fingerprint density at radius 2 is 1.34 bits per heavy atom. The second kappa shape index (κ2) is 14.6. The Morgan fingerprint density at radius 3 is 1.84 bits per heavy atom. The number of carbonyl (C=O) groups is 4. The van der Waals surface area contributed by atoms with Crippen LogP contribution in [0.3, 0.4) is 0 Å². The van der Waals surface area contributed by atoms with Crippen LogP contribution in [0.1, 0.15) is 38.8 Å². The summed E-state index contributed by atoms with van der Waals surface area (Å²) in [7, 11) is 1.60. The third-order valence-corrected chi connectivity index (χ3v) is 5.51. The van der Waals surface area contributed by atoms with E-state index < -0.39 is 29.7 Å². The third kappa shape index (κ3) is 10.9. The molecular formula is C28H38N4O6. The average Bonchev–Trinajstić information content (AvgIpc) is 2.88. The van der Waals surface area contributed by atoms with Crippen LogP contribution in [0.15, 0.2) is 60.7 Å². The Hall–Kier alpha value is -4.08.